The van der Waals surface area contributed by atoms with E-state index in [1.165, 1.54) is 12.8 Å². The van der Waals surface area contributed by atoms with Gasteiger partial charge in [0.25, 0.3) is 0 Å². The van der Waals surface area contributed by atoms with Crippen LogP contribution in [0, 0.1) is 5.92 Å². The van der Waals surface area contributed by atoms with Crippen LogP contribution in [0.5, 0.6) is 0 Å². The lowest BCUT2D eigenvalue weighted by molar-refractivity contribution is -0.125. The van der Waals surface area contributed by atoms with E-state index in [1.807, 2.05) is 0 Å². The smallest absolute Gasteiger partial charge is 0.234 e. The van der Waals surface area contributed by atoms with Crippen molar-refractivity contribution in [3.8, 4) is 0 Å². The van der Waals surface area contributed by atoms with Crippen LogP contribution < -0.4 is 11.1 Å². The maximum Gasteiger partial charge on any atom is 0.234 e. The average Bonchev–Trinajstić information content (AvgIpc) is 2.37. The second-order valence-corrected chi connectivity index (χ2v) is 6.37. The normalized spacial score (nSPS) is 25.3. The van der Waals surface area contributed by atoms with E-state index in [2.05, 4.69) is 37.9 Å². The van der Waals surface area contributed by atoms with Crippen molar-refractivity contribution in [2.24, 2.45) is 11.7 Å². The number of rotatable bonds is 6. The van der Waals surface area contributed by atoms with Crippen molar-refractivity contribution in [2.75, 3.05) is 19.6 Å². The van der Waals surface area contributed by atoms with E-state index in [1.54, 1.807) is 0 Å². The third-order valence-corrected chi connectivity index (χ3v) is 4.51. The van der Waals surface area contributed by atoms with E-state index in [-0.39, 0.29) is 11.4 Å². The Morgan fingerprint density at radius 1 is 1.42 bits per heavy atom. The predicted molar refractivity (Wildman–Crippen MR) is 79.9 cm³/mol. The van der Waals surface area contributed by atoms with Gasteiger partial charge in [0.1, 0.15) is 0 Å². The number of carbonyl (C=O) groups excluding carboxylic acids is 1. The Bertz CT molecular complexity index is 291. The first-order valence-electron chi connectivity index (χ1n) is 7.68. The molecule has 2 atom stereocenters. The van der Waals surface area contributed by atoms with Crippen molar-refractivity contribution in [3.63, 3.8) is 0 Å². The first kappa shape index (κ1) is 16.4. The molecule has 4 nitrogen and oxygen atoms in total. The molecule has 0 spiro atoms. The number of likely N-dealkylation sites (tertiary alicyclic amines) is 1. The van der Waals surface area contributed by atoms with Gasteiger partial charge in [0.2, 0.25) is 5.91 Å². The van der Waals surface area contributed by atoms with Crippen LogP contribution in [0.25, 0.3) is 0 Å². The summed E-state index contributed by atoms with van der Waals surface area (Å²) in [6.07, 6.45) is 4.52. The van der Waals surface area contributed by atoms with Crippen molar-refractivity contribution in [2.45, 2.75) is 65.0 Å². The Morgan fingerprint density at radius 3 is 2.63 bits per heavy atom. The topological polar surface area (TPSA) is 58.4 Å². The molecule has 112 valence electrons. The van der Waals surface area contributed by atoms with E-state index >= 15 is 0 Å². The fourth-order valence-corrected chi connectivity index (χ4v) is 2.92. The number of hydrogen-bond acceptors (Lipinski definition) is 3. The average molecular weight is 269 g/mol. The Kier molecular flexibility index (Phi) is 6.27. The lowest BCUT2D eigenvalue weighted by Crippen LogP contribution is -2.54. The summed E-state index contributed by atoms with van der Waals surface area (Å²) in [6, 6.07) is 0.370. The van der Waals surface area contributed by atoms with Gasteiger partial charge < -0.3 is 11.1 Å². The van der Waals surface area contributed by atoms with Crippen LogP contribution in [-0.2, 0) is 4.79 Å². The van der Waals surface area contributed by atoms with Crippen LogP contribution in [0.3, 0.4) is 0 Å². The van der Waals surface area contributed by atoms with Gasteiger partial charge >= 0.3 is 0 Å². The van der Waals surface area contributed by atoms with Crippen LogP contribution in [0.1, 0.15) is 53.4 Å². The number of nitrogens with one attached hydrogen (secondary N) is 1. The third-order valence-electron chi connectivity index (χ3n) is 4.51. The molecule has 1 heterocycles. The van der Waals surface area contributed by atoms with Crippen LogP contribution in [0.4, 0.5) is 0 Å². The molecule has 1 aliphatic heterocycles. The van der Waals surface area contributed by atoms with Crippen molar-refractivity contribution in [3.05, 3.63) is 0 Å². The molecule has 0 aliphatic carbocycles. The molecule has 1 aliphatic rings. The molecule has 0 saturated carbocycles. The Morgan fingerprint density at radius 2 is 2.11 bits per heavy atom. The summed E-state index contributed by atoms with van der Waals surface area (Å²) in [5, 5.41) is 3.11. The highest BCUT2D eigenvalue weighted by Crippen LogP contribution is 2.25. The van der Waals surface area contributed by atoms with Crippen molar-refractivity contribution in [1.29, 1.82) is 0 Å². The van der Waals surface area contributed by atoms with E-state index < -0.39 is 0 Å². The van der Waals surface area contributed by atoms with Crippen molar-refractivity contribution >= 4 is 5.91 Å². The minimum absolute atomic E-state index is 0.116. The largest absolute Gasteiger partial charge is 0.350 e. The molecule has 4 heteroatoms. The number of nitrogens with two attached hydrogens (primary N) is 1. The molecule has 1 saturated heterocycles. The molecule has 1 rings (SSSR count). The van der Waals surface area contributed by atoms with Gasteiger partial charge in [0, 0.05) is 18.1 Å². The first-order chi connectivity index (χ1) is 8.93. The van der Waals surface area contributed by atoms with Crippen LogP contribution >= 0.6 is 0 Å². The second-order valence-electron chi connectivity index (χ2n) is 6.37. The van der Waals surface area contributed by atoms with Gasteiger partial charge in [-0.2, -0.15) is 0 Å². The van der Waals surface area contributed by atoms with Crippen LogP contribution in [0.2, 0.25) is 0 Å². The molecule has 19 heavy (non-hydrogen) atoms. The van der Waals surface area contributed by atoms with Gasteiger partial charge in [-0.25, -0.2) is 0 Å². The molecule has 0 aromatic heterocycles. The molecule has 0 radical (unpaired) electrons. The molecule has 3 N–H and O–H groups in total. The highest BCUT2D eigenvalue weighted by atomic mass is 16.2. The fourth-order valence-electron chi connectivity index (χ4n) is 2.92. The summed E-state index contributed by atoms with van der Waals surface area (Å²) in [5.74, 6) is 0.771. The van der Waals surface area contributed by atoms with Gasteiger partial charge in [0.15, 0.2) is 0 Å². The molecule has 0 bridgehead atoms. The van der Waals surface area contributed by atoms with Crippen molar-refractivity contribution < 1.29 is 4.79 Å². The van der Waals surface area contributed by atoms with Gasteiger partial charge in [-0.05, 0) is 45.6 Å². The molecule has 2 unspecified atom stereocenters. The fraction of sp³-hybridized carbons (Fsp3) is 0.933. The summed E-state index contributed by atoms with van der Waals surface area (Å²) < 4.78 is 0. The Balaban J connectivity index is 2.56. The van der Waals surface area contributed by atoms with Crippen molar-refractivity contribution in [1.82, 2.24) is 10.2 Å². The third kappa shape index (κ3) is 4.77. The SMILES string of the molecule is CCC1CCCN(CC(=O)NC(C)(C)CC)C1CN. The monoisotopic (exact) mass is 269 g/mol. The molecule has 1 fully saturated rings. The number of hydrogen-bond donors (Lipinski definition) is 2. The molecule has 0 aromatic carbocycles. The highest BCUT2D eigenvalue weighted by Gasteiger charge is 2.31. The highest BCUT2D eigenvalue weighted by molar-refractivity contribution is 5.78. The zero-order valence-electron chi connectivity index (χ0n) is 13.0. The maximum absolute atomic E-state index is 12.1. The predicted octanol–water partition coefficient (Wildman–Crippen LogP) is 1.74. The standard InChI is InChI=1S/C15H31N3O/c1-5-12-8-7-9-18(13(12)10-16)11-14(19)17-15(3,4)6-2/h12-13H,5-11,16H2,1-4H3,(H,17,19). The van der Waals surface area contributed by atoms with Gasteiger partial charge in [-0.3, -0.25) is 9.69 Å². The number of amides is 1. The Labute approximate surface area is 118 Å². The summed E-state index contributed by atoms with van der Waals surface area (Å²) >= 11 is 0. The lowest BCUT2D eigenvalue weighted by atomic mass is 9.87. The number of carbonyl (C=O) groups is 1. The number of nitrogens with zero attached hydrogens (tertiary/aromatic N) is 1. The van der Waals surface area contributed by atoms with E-state index in [0.29, 0.717) is 25.0 Å². The van der Waals surface area contributed by atoms with E-state index in [9.17, 15) is 4.79 Å². The molecule has 1 amide bonds. The van der Waals surface area contributed by atoms with E-state index in [4.69, 9.17) is 5.73 Å². The molecule has 0 aromatic rings. The van der Waals surface area contributed by atoms with Gasteiger partial charge in [0.05, 0.1) is 6.54 Å². The van der Waals surface area contributed by atoms with Crippen LogP contribution in [0.15, 0.2) is 0 Å². The minimum atomic E-state index is -0.116. The minimum Gasteiger partial charge on any atom is -0.350 e. The quantitative estimate of drug-likeness (QED) is 0.772. The van der Waals surface area contributed by atoms with Gasteiger partial charge in [-0.15, -0.1) is 0 Å². The van der Waals surface area contributed by atoms with Crippen LogP contribution in [-0.4, -0.2) is 42.0 Å². The maximum atomic E-state index is 12.1. The zero-order valence-corrected chi connectivity index (χ0v) is 13.0. The molecular weight excluding hydrogens is 238 g/mol. The summed E-state index contributed by atoms with van der Waals surface area (Å²) in [4.78, 5) is 14.4. The molecular formula is C15H31N3O. The Hall–Kier alpha value is -0.610. The number of piperidine rings is 1. The summed E-state index contributed by atoms with van der Waals surface area (Å²) in [5.41, 5.74) is 5.80. The summed E-state index contributed by atoms with van der Waals surface area (Å²) in [7, 11) is 0. The first-order valence-corrected chi connectivity index (χ1v) is 7.68. The zero-order chi connectivity index (χ0) is 14.5. The second kappa shape index (κ2) is 7.25. The lowest BCUT2D eigenvalue weighted by Gasteiger charge is -2.40. The van der Waals surface area contributed by atoms with E-state index in [0.717, 1.165) is 19.4 Å². The summed E-state index contributed by atoms with van der Waals surface area (Å²) in [6.45, 7) is 10.6. The van der Waals surface area contributed by atoms with Gasteiger partial charge in [-0.1, -0.05) is 20.3 Å².